The van der Waals surface area contributed by atoms with E-state index in [1.165, 1.54) is 5.56 Å². The fourth-order valence-corrected chi connectivity index (χ4v) is 2.09. The number of halogens is 1. The first-order chi connectivity index (χ1) is 8.04. The van der Waals surface area contributed by atoms with Gasteiger partial charge in [0.1, 0.15) is 5.75 Å². The smallest absolute Gasteiger partial charge is 0.133 e. The van der Waals surface area contributed by atoms with Crippen molar-refractivity contribution < 1.29 is 4.74 Å². The van der Waals surface area contributed by atoms with E-state index in [9.17, 15) is 0 Å². The Morgan fingerprint density at radius 2 is 2.00 bits per heavy atom. The molecule has 2 nitrogen and oxygen atoms in total. The van der Waals surface area contributed by atoms with Crippen LogP contribution in [-0.4, -0.2) is 13.7 Å². The van der Waals surface area contributed by atoms with Crippen LogP contribution in [0.3, 0.4) is 0 Å². The van der Waals surface area contributed by atoms with Crippen LogP contribution in [0.4, 0.5) is 0 Å². The standard InChI is InChI=1S/C14H22BrNO/c1-10(2)11(3)8-16-9-12-5-6-14(17-4)13(15)7-12/h5-7,10-11,16H,8-9H2,1-4H3. The molecule has 0 radical (unpaired) electrons. The topological polar surface area (TPSA) is 21.3 Å². The molecule has 1 rings (SSSR count). The summed E-state index contributed by atoms with van der Waals surface area (Å²) >= 11 is 3.50. The number of rotatable bonds is 6. The molecule has 96 valence electrons. The Morgan fingerprint density at radius 1 is 1.29 bits per heavy atom. The third kappa shape index (κ3) is 4.68. The van der Waals surface area contributed by atoms with Crippen LogP contribution in [0.25, 0.3) is 0 Å². The molecule has 0 saturated heterocycles. The molecule has 0 aliphatic rings. The highest BCUT2D eigenvalue weighted by atomic mass is 79.9. The summed E-state index contributed by atoms with van der Waals surface area (Å²) in [6.45, 7) is 8.76. The summed E-state index contributed by atoms with van der Waals surface area (Å²) in [6.07, 6.45) is 0. The van der Waals surface area contributed by atoms with Gasteiger partial charge in [0.15, 0.2) is 0 Å². The maximum Gasteiger partial charge on any atom is 0.133 e. The number of nitrogens with one attached hydrogen (secondary N) is 1. The van der Waals surface area contributed by atoms with Gasteiger partial charge in [-0.05, 0) is 52.0 Å². The molecule has 1 aromatic rings. The molecule has 1 N–H and O–H groups in total. The molecule has 0 amide bonds. The van der Waals surface area contributed by atoms with Gasteiger partial charge in [-0.15, -0.1) is 0 Å². The second-order valence-electron chi connectivity index (χ2n) is 4.82. The number of methoxy groups -OCH3 is 1. The van der Waals surface area contributed by atoms with Gasteiger partial charge in [0.25, 0.3) is 0 Å². The quantitative estimate of drug-likeness (QED) is 0.862. The largest absolute Gasteiger partial charge is 0.496 e. The van der Waals surface area contributed by atoms with Crippen molar-refractivity contribution in [3.8, 4) is 5.75 Å². The number of hydrogen-bond acceptors (Lipinski definition) is 2. The van der Waals surface area contributed by atoms with Crippen molar-refractivity contribution in [1.29, 1.82) is 0 Å². The molecule has 0 heterocycles. The Bertz CT molecular complexity index is 352. The summed E-state index contributed by atoms with van der Waals surface area (Å²) in [5.41, 5.74) is 1.27. The molecular formula is C14H22BrNO. The number of benzene rings is 1. The van der Waals surface area contributed by atoms with Crippen LogP contribution in [0.2, 0.25) is 0 Å². The van der Waals surface area contributed by atoms with Gasteiger partial charge in [0.05, 0.1) is 11.6 Å². The van der Waals surface area contributed by atoms with Gasteiger partial charge in [-0.1, -0.05) is 26.8 Å². The van der Waals surface area contributed by atoms with E-state index >= 15 is 0 Å². The molecule has 0 bridgehead atoms. The van der Waals surface area contributed by atoms with Gasteiger partial charge in [0, 0.05) is 6.54 Å². The molecule has 0 spiro atoms. The van der Waals surface area contributed by atoms with Crippen LogP contribution in [0, 0.1) is 11.8 Å². The molecule has 0 fully saturated rings. The number of ether oxygens (including phenoxy) is 1. The van der Waals surface area contributed by atoms with Crippen molar-refractivity contribution in [2.75, 3.05) is 13.7 Å². The Kier molecular flexibility index (Phi) is 6.00. The van der Waals surface area contributed by atoms with Gasteiger partial charge in [0.2, 0.25) is 0 Å². The minimum atomic E-state index is 0.705. The van der Waals surface area contributed by atoms with E-state index in [0.29, 0.717) is 5.92 Å². The Labute approximate surface area is 113 Å². The fourth-order valence-electron chi connectivity index (χ4n) is 1.50. The van der Waals surface area contributed by atoms with E-state index < -0.39 is 0 Å². The van der Waals surface area contributed by atoms with Crippen molar-refractivity contribution >= 4 is 15.9 Å². The molecule has 0 aliphatic heterocycles. The Hall–Kier alpha value is -0.540. The van der Waals surface area contributed by atoms with Crippen LogP contribution < -0.4 is 10.1 Å². The van der Waals surface area contributed by atoms with E-state index in [0.717, 1.165) is 29.2 Å². The third-order valence-electron chi connectivity index (χ3n) is 3.15. The van der Waals surface area contributed by atoms with Crippen LogP contribution in [0.5, 0.6) is 5.75 Å². The molecule has 1 unspecified atom stereocenters. The van der Waals surface area contributed by atoms with Crippen molar-refractivity contribution in [3.63, 3.8) is 0 Å². The van der Waals surface area contributed by atoms with Gasteiger partial charge in [-0.2, -0.15) is 0 Å². The van der Waals surface area contributed by atoms with Crippen LogP contribution >= 0.6 is 15.9 Å². The molecule has 0 aromatic heterocycles. The lowest BCUT2D eigenvalue weighted by atomic mass is 9.98. The predicted molar refractivity (Wildman–Crippen MR) is 76.4 cm³/mol. The van der Waals surface area contributed by atoms with Gasteiger partial charge in [-0.25, -0.2) is 0 Å². The SMILES string of the molecule is COc1ccc(CNCC(C)C(C)C)cc1Br. The van der Waals surface area contributed by atoms with Crippen molar-refractivity contribution in [3.05, 3.63) is 28.2 Å². The zero-order valence-corrected chi connectivity index (χ0v) is 12.7. The fraction of sp³-hybridized carbons (Fsp3) is 0.571. The summed E-state index contributed by atoms with van der Waals surface area (Å²) in [5.74, 6) is 2.31. The highest BCUT2D eigenvalue weighted by Crippen LogP contribution is 2.25. The molecule has 1 atom stereocenters. The lowest BCUT2D eigenvalue weighted by Gasteiger charge is -2.16. The van der Waals surface area contributed by atoms with E-state index in [1.807, 2.05) is 6.07 Å². The van der Waals surface area contributed by atoms with Gasteiger partial charge < -0.3 is 10.1 Å². The average molecular weight is 300 g/mol. The van der Waals surface area contributed by atoms with Crippen LogP contribution in [0.15, 0.2) is 22.7 Å². The summed E-state index contributed by atoms with van der Waals surface area (Å²) < 4.78 is 6.22. The lowest BCUT2D eigenvalue weighted by molar-refractivity contribution is 0.392. The normalized spacial score (nSPS) is 12.8. The molecule has 17 heavy (non-hydrogen) atoms. The summed E-state index contributed by atoms with van der Waals surface area (Å²) in [5, 5.41) is 3.49. The molecule has 0 aliphatic carbocycles. The van der Waals surface area contributed by atoms with Crippen molar-refractivity contribution in [2.45, 2.75) is 27.3 Å². The first kappa shape index (κ1) is 14.5. The Balaban J connectivity index is 2.45. The van der Waals surface area contributed by atoms with E-state index in [2.05, 4.69) is 54.2 Å². The van der Waals surface area contributed by atoms with Crippen molar-refractivity contribution in [2.24, 2.45) is 11.8 Å². The van der Waals surface area contributed by atoms with Crippen LogP contribution in [-0.2, 0) is 6.54 Å². The zero-order chi connectivity index (χ0) is 12.8. The Morgan fingerprint density at radius 3 is 2.53 bits per heavy atom. The average Bonchev–Trinajstić information content (AvgIpc) is 2.29. The van der Waals surface area contributed by atoms with Crippen molar-refractivity contribution in [1.82, 2.24) is 5.32 Å². The maximum absolute atomic E-state index is 5.21. The summed E-state index contributed by atoms with van der Waals surface area (Å²) in [6, 6.07) is 6.19. The van der Waals surface area contributed by atoms with E-state index in [1.54, 1.807) is 7.11 Å². The molecular weight excluding hydrogens is 278 g/mol. The van der Waals surface area contributed by atoms with Crippen LogP contribution in [0.1, 0.15) is 26.3 Å². The zero-order valence-electron chi connectivity index (χ0n) is 11.1. The first-order valence-electron chi connectivity index (χ1n) is 6.07. The van der Waals surface area contributed by atoms with E-state index in [-0.39, 0.29) is 0 Å². The minimum absolute atomic E-state index is 0.705. The summed E-state index contributed by atoms with van der Waals surface area (Å²) in [7, 11) is 1.68. The number of hydrogen-bond donors (Lipinski definition) is 1. The van der Waals surface area contributed by atoms with Gasteiger partial charge >= 0.3 is 0 Å². The second kappa shape index (κ2) is 7.02. The highest BCUT2D eigenvalue weighted by Gasteiger charge is 2.06. The van der Waals surface area contributed by atoms with Gasteiger partial charge in [-0.3, -0.25) is 0 Å². The molecule has 0 saturated carbocycles. The minimum Gasteiger partial charge on any atom is -0.496 e. The monoisotopic (exact) mass is 299 g/mol. The molecule has 3 heteroatoms. The maximum atomic E-state index is 5.21. The lowest BCUT2D eigenvalue weighted by Crippen LogP contribution is -2.23. The molecule has 1 aromatic carbocycles. The van der Waals surface area contributed by atoms with E-state index in [4.69, 9.17) is 4.74 Å². The third-order valence-corrected chi connectivity index (χ3v) is 3.77. The summed E-state index contributed by atoms with van der Waals surface area (Å²) in [4.78, 5) is 0. The highest BCUT2D eigenvalue weighted by molar-refractivity contribution is 9.10. The predicted octanol–water partition coefficient (Wildman–Crippen LogP) is 3.84. The first-order valence-corrected chi connectivity index (χ1v) is 6.87. The second-order valence-corrected chi connectivity index (χ2v) is 5.68.